The summed E-state index contributed by atoms with van der Waals surface area (Å²) in [7, 11) is 0. The molecule has 0 fully saturated rings. The van der Waals surface area contributed by atoms with E-state index in [1.54, 1.807) is 0 Å². The maximum atomic E-state index is 13.1. The first-order valence-electron chi connectivity index (χ1n) is 7.59. The Morgan fingerprint density at radius 1 is 0.652 bits per heavy atom. The summed E-state index contributed by atoms with van der Waals surface area (Å²) in [6, 6.07) is 25.6. The quantitative estimate of drug-likeness (QED) is 0.496. The molecule has 0 N–H and O–H groups in total. The van der Waals surface area contributed by atoms with Crippen LogP contribution in [0.15, 0.2) is 91.3 Å². The fraction of sp³-hybridized carbons (Fsp3) is 0. The largest absolute Gasteiger partial charge is 0.323 e. The van der Waals surface area contributed by atoms with Crippen molar-refractivity contribution >= 4 is 11.3 Å². The van der Waals surface area contributed by atoms with Gasteiger partial charge in [0.05, 0.1) is 5.52 Å². The summed E-state index contributed by atoms with van der Waals surface area (Å²) in [6.07, 6.45) is 3.88. The number of hydrogen-bond donors (Lipinski definition) is 0. The van der Waals surface area contributed by atoms with Crippen molar-refractivity contribution in [3.05, 3.63) is 102 Å². The number of ketones is 1. The van der Waals surface area contributed by atoms with E-state index in [0.717, 1.165) is 27.8 Å². The molecule has 0 saturated heterocycles. The van der Waals surface area contributed by atoms with Crippen LogP contribution in [0.4, 0.5) is 0 Å². The lowest BCUT2D eigenvalue weighted by Crippen LogP contribution is -2.03. The Morgan fingerprint density at radius 2 is 1.39 bits per heavy atom. The summed E-state index contributed by atoms with van der Waals surface area (Å²) < 4.78 is 1.97. The minimum Gasteiger partial charge on any atom is -0.323 e. The monoisotopic (exact) mass is 297 g/mol. The SMILES string of the molecule is O=C(c1ccccc1-c1ccccc1)c1ccn2ccccc12. The van der Waals surface area contributed by atoms with Crippen molar-refractivity contribution < 1.29 is 4.79 Å². The van der Waals surface area contributed by atoms with Gasteiger partial charge in [-0.2, -0.15) is 0 Å². The molecule has 0 aliphatic rings. The molecular weight excluding hydrogens is 282 g/mol. The minimum atomic E-state index is 0.0538. The first-order valence-corrected chi connectivity index (χ1v) is 7.59. The zero-order valence-electron chi connectivity index (χ0n) is 12.5. The lowest BCUT2D eigenvalue weighted by atomic mass is 9.94. The summed E-state index contributed by atoms with van der Waals surface area (Å²) in [5.74, 6) is 0.0538. The highest BCUT2D eigenvalue weighted by atomic mass is 16.1. The average Bonchev–Trinajstić information content (AvgIpc) is 3.06. The molecule has 0 unspecified atom stereocenters. The van der Waals surface area contributed by atoms with E-state index in [1.807, 2.05) is 95.7 Å². The molecule has 2 nitrogen and oxygen atoms in total. The summed E-state index contributed by atoms with van der Waals surface area (Å²) in [4.78, 5) is 13.1. The number of fused-ring (bicyclic) bond motifs is 1. The van der Waals surface area contributed by atoms with Crippen LogP contribution >= 0.6 is 0 Å². The Balaban J connectivity index is 1.87. The fourth-order valence-corrected chi connectivity index (χ4v) is 2.94. The van der Waals surface area contributed by atoms with Crippen molar-refractivity contribution in [1.82, 2.24) is 4.40 Å². The fourth-order valence-electron chi connectivity index (χ4n) is 2.94. The molecule has 0 aliphatic heterocycles. The number of hydrogen-bond acceptors (Lipinski definition) is 1. The van der Waals surface area contributed by atoms with Gasteiger partial charge in [-0.1, -0.05) is 60.7 Å². The molecule has 0 saturated carbocycles. The van der Waals surface area contributed by atoms with Gasteiger partial charge in [-0.05, 0) is 29.3 Å². The maximum Gasteiger partial charge on any atom is 0.195 e. The molecule has 2 heterocycles. The summed E-state index contributed by atoms with van der Waals surface area (Å²) in [5.41, 5.74) is 4.42. The molecule has 2 aromatic carbocycles. The van der Waals surface area contributed by atoms with Gasteiger partial charge in [0.25, 0.3) is 0 Å². The van der Waals surface area contributed by atoms with Crippen LogP contribution < -0.4 is 0 Å². The van der Waals surface area contributed by atoms with Crippen LogP contribution in [0.3, 0.4) is 0 Å². The van der Waals surface area contributed by atoms with Gasteiger partial charge < -0.3 is 4.40 Å². The number of carbonyl (C=O) groups excluding carboxylic acids is 1. The predicted octanol–water partition coefficient (Wildman–Crippen LogP) is 4.84. The lowest BCUT2D eigenvalue weighted by molar-refractivity contribution is 0.104. The highest BCUT2D eigenvalue weighted by Gasteiger charge is 2.17. The van der Waals surface area contributed by atoms with Crippen molar-refractivity contribution in [1.29, 1.82) is 0 Å². The van der Waals surface area contributed by atoms with Crippen LogP contribution in [0.5, 0.6) is 0 Å². The van der Waals surface area contributed by atoms with Gasteiger partial charge in [0.2, 0.25) is 0 Å². The van der Waals surface area contributed by atoms with Crippen LogP contribution in [0.25, 0.3) is 16.6 Å². The smallest absolute Gasteiger partial charge is 0.195 e. The van der Waals surface area contributed by atoms with Crippen molar-refractivity contribution in [3.63, 3.8) is 0 Å². The van der Waals surface area contributed by atoms with Gasteiger partial charge in [-0.15, -0.1) is 0 Å². The third-order valence-electron chi connectivity index (χ3n) is 4.07. The average molecular weight is 297 g/mol. The number of benzene rings is 2. The third-order valence-corrected chi connectivity index (χ3v) is 4.07. The Morgan fingerprint density at radius 3 is 2.26 bits per heavy atom. The second kappa shape index (κ2) is 5.58. The Kier molecular flexibility index (Phi) is 3.28. The first-order chi connectivity index (χ1) is 11.3. The Labute approximate surface area is 134 Å². The van der Waals surface area contributed by atoms with Gasteiger partial charge in [0, 0.05) is 23.5 Å². The maximum absolute atomic E-state index is 13.1. The Bertz CT molecular complexity index is 983. The van der Waals surface area contributed by atoms with Crippen LogP contribution in [0, 0.1) is 0 Å². The Hall–Kier alpha value is -3.13. The standard InChI is InChI=1S/C21H15NO/c23-21(19-13-15-22-14-7-6-12-20(19)22)18-11-5-4-10-17(18)16-8-2-1-3-9-16/h1-15H. The first kappa shape index (κ1) is 13.5. The van der Waals surface area contributed by atoms with Crippen LogP contribution in [-0.4, -0.2) is 10.2 Å². The van der Waals surface area contributed by atoms with E-state index in [9.17, 15) is 4.79 Å². The second-order valence-corrected chi connectivity index (χ2v) is 5.46. The minimum absolute atomic E-state index is 0.0538. The van der Waals surface area contributed by atoms with Crippen molar-refractivity contribution in [2.75, 3.05) is 0 Å². The number of carbonyl (C=O) groups is 1. The molecule has 0 aliphatic carbocycles. The normalized spacial score (nSPS) is 10.8. The second-order valence-electron chi connectivity index (χ2n) is 5.46. The van der Waals surface area contributed by atoms with Gasteiger partial charge in [-0.25, -0.2) is 0 Å². The van der Waals surface area contributed by atoms with Gasteiger partial charge >= 0.3 is 0 Å². The van der Waals surface area contributed by atoms with Crippen molar-refractivity contribution in [2.24, 2.45) is 0 Å². The third kappa shape index (κ3) is 2.34. The molecule has 4 aromatic rings. The number of rotatable bonds is 3. The topological polar surface area (TPSA) is 21.5 Å². The molecule has 110 valence electrons. The number of nitrogens with zero attached hydrogens (tertiary/aromatic N) is 1. The van der Waals surface area contributed by atoms with Crippen LogP contribution in [0.2, 0.25) is 0 Å². The summed E-state index contributed by atoms with van der Waals surface area (Å²) in [6.45, 7) is 0. The van der Waals surface area contributed by atoms with Gasteiger partial charge in [0.1, 0.15) is 0 Å². The number of aromatic nitrogens is 1. The van der Waals surface area contributed by atoms with Gasteiger partial charge in [-0.3, -0.25) is 4.79 Å². The van der Waals surface area contributed by atoms with Crippen LogP contribution in [0.1, 0.15) is 15.9 Å². The molecule has 0 bridgehead atoms. The van der Waals surface area contributed by atoms with E-state index in [1.165, 1.54) is 0 Å². The lowest BCUT2D eigenvalue weighted by Gasteiger charge is -2.08. The zero-order valence-corrected chi connectivity index (χ0v) is 12.5. The summed E-state index contributed by atoms with van der Waals surface area (Å²) in [5, 5.41) is 0. The van der Waals surface area contributed by atoms with Gasteiger partial charge in [0.15, 0.2) is 5.78 Å². The molecule has 0 amide bonds. The van der Waals surface area contributed by atoms with E-state index >= 15 is 0 Å². The zero-order chi connectivity index (χ0) is 15.6. The molecule has 0 atom stereocenters. The molecular formula is C21H15NO. The van der Waals surface area contributed by atoms with Crippen LogP contribution in [-0.2, 0) is 0 Å². The molecule has 0 radical (unpaired) electrons. The van der Waals surface area contributed by atoms with E-state index in [4.69, 9.17) is 0 Å². The predicted molar refractivity (Wildman–Crippen MR) is 92.7 cm³/mol. The summed E-state index contributed by atoms with van der Waals surface area (Å²) >= 11 is 0. The molecule has 23 heavy (non-hydrogen) atoms. The highest BCUT2D eigenvalue weighted by molar-refractivity contribution is 6.16. The van der Waals surface area contributed by atoms with E-state index in [-0.39, 0.29) is 5.78 Å². The van der Waals surface area contributed by atoms with E-state index in [0.29, 0.717) is 0 Å². The number of pyridine rings is 1. The molecule has 4 rings (SSSR count). The van der Waals surface area contributed by atoms with Crippen molar-refractivity contribution in [3.8, 4) is 11.1 Å². The van der Waals surface area contributed by atoms with Crippen molar-refractivity contribution in [2.45, 2.75) is 0 Å². The molecule has 2 heteroatoms. The molecule has 0 spiro atoms. The molecule has 2 aromatic heterocycles. The van der Waals surface area contributed by atoms with E-state index in [2.05, 4.69) is 0 Å². The highest BCUT2D eigenvalue weighted by Crippen LogP contribution is 2.27. The van der Waals surface area contributed by atoms with E-state index < -0.39 is 0 Å².